The minimum absolute atomic E-state index is 0.00469. The molecule has 0 spiro atoms. The summed E-state index contributed by atoms with van der Waals surface area (Å²) in [4.78, 5) is 101. The summed E-state index contributed by atoms with van der Waals surface area (Å²) in [5.74, 6) is -4.40. The van der Waals surface area contributed by atoms with Crippen molar-refractivity contribution in [1.29, 1.82) is 0 Å². The Morgan fingerprint density at radius 1 is 0.738 bits per heavy atom. The average molecular weight is 1170 g/mol. The van der Waals surface area contributed by atoms with Gasteiger partial charge in [0.15, 0.2) is 35.5 Å². The molecule has 12 rings (SSSR count). The van der Waals surface area contributed by atoms with Crippen LogP contribution in [0.1, 0.15) is 143 Å². The van der Waals surface area contributed by atoms with Gasteiger partial charge in [0.05, 0.1) is 42.1 Å². The number of ketones is 2. The Hall–Kier alpha value is -6.91. The van der Waals surface area contributed by atoms with Crippen molar-refractivity contribution in [2.75, 3.05) is 70.1 Å². The van der Waals surface area contributed by atoms with Gasteiger partial charge in [0.2, 0.25) is 23.4 Å². The number of nitrogens with zero attached hydrogens (tertiary/aromatic N) is 5. The molecule has 1 amide bonds. The van der Waals surface area contributed by atoms with Crippen LogP contribution in [0.3, 0.4) is 0 Å². The molecule has 8 aliphatic rings. The van der Waals surface area contributed by atoms with Gasteiger partial charge in [0, 0.05) is 81.1 Å². The van der Waals surface area contributed by atoms with Gasteiger partial charge in [-0.1, -0.05) is 25.8 Å². The molecule has 2 saturated heterocycles. The number of halogens is 2. The fraction of sp³-hybridized carbons (Fsp3) is 0.597. The topological polar surface area (TPSA) is 252 Å². The van der Waals surface area contributed by atoms with Crippen molar-refractivity contribution in [2.45, 2.75) is 147 Å². The Labute approximate surface area is 483 Å². The highest BCUT2D eigenvalue weighted by molar-refractivity contribution is 6.00. The summed E-state index contributed by atoms with van der Waals surface area (Å²) < 4.78 is 64.4. The number of pyridine rings is 2. The number of methoxy groups -OCH3 is 2. The van der Waals surface area contributed by atoms with Crippen LogP contribution in [0, 0.1) is 40.2 Å². The van der Waals surface area contributed by atoms with E-state index in [9.17, 15) is 43.8 Å². The van der Waals surface area contributed by atoms with Crippen LogP contribution in [-0.2, 0) is 23.8 Å². The first-order valence-corrected chi connectivity index (χ1v) is 29.7. The quantitative estimate of drug-likeness (QED) is 0.0898. The first-order valence-electron chi connectivity index (χ1n) is 29.7. The van der Waals surface area contributed by atoms with Crippen LogP contribution in [0.5, 0.6) is 11.5 Å². The zero-order valence-electron chi connectivity index (χ0n) is 48.2. The lowest BCUT2D eigenvalue weighted by molar-refractivity contribution is -0.182. The molecule has 450 valence electrons. The predicted molar refractivity (Wildman–Crippen MR) is 304 cm³/mol. The van der Waals surface area contributed by atoms with Gasteiger partial charge in [0.1, 0.15) is 28.1 Å². The predicted octanol–water partition coefficient (Wildman–Crippen LogP) is 7.02. The molecule has 20 nitrogen and oxygen atoms in total. The van der Waals surface area contributed by atoms with Gasteiger partial charge in [0.25, 0.3) is 0 Å². The number of amides is 1. The van der Waals surface area contributed by atoms with Gasteiger partial charge in [-0.15, -0.1) is 0 Å². The van der Waals surface area contributed by atoms with Crippen molar-refractivity contribution >= 4 is 62.8 Å². The van der Waals surface area contributed by atoms with Crippen LogP contribution in [0.2, 0.25) is 0 Å². The number of carbonyl (C=O) groups is 5. The number of aliphatic hydroxyl groups is 2. The lowest BCUT2D eigenvalue weighted by atomic mass is 9.45. The van der Waals surface area contributed by atoms with E-state index in [1.54, 1.807) is 27.0 Å². The highest BCUT2D eigenvalue weighted by atomic mass is 19.1. The number of hydrogen-bond donors (Lipinski definition) is 3. The Morgan fingerprint density at radius 3 is 1.92 bits per heavy atom. The number of anilines is 2. The van der Waals surface area contributed by atoms with Gasteiger partial charge in [-0.25, -0.2) is 23.2 Å². The Bertz CT molecular complexity index is 3580. The molecule has 4 N–H and O–H groups in total. The second-order valence-corrected chi connectivity index (χ2v) is 25.4. The van der Waals surface area contributed by atoms with Crippen molar-refractivity contribution in [2.24, 2.45) is 34.3 Å². The third-order valence-electron chi connectivity index (χ3n) is 20.5. The minimum Gasteiger partial charge on any atom is -0.492 e. The third kappa shape index (κ3) is 9.43. The van der Waals surface area contributed by atoms with E-state index in [1.807, 2.05) is 11.8 Å². The average Bonchev–Trinajstić information content (AvgIpc) is 1.81. The highest BCUT2D eigenvalue weighted by Crippen LogP contribution is 2.68. The molecule has 2 aliphatic heterocycles. The summed E-state index contributed by atoms with van der Waals surface area (Å²) in [5, 5.41) is 24.0. The van der Waals surface area contributed by atoms with Crippen LogP contribution in [-0.4, -0.2) is 138 Å². The van der Waals surface area contributed by atoms with Crippen molar-refractivity contribution < 1.29 is 66.7 Å². The van der Waals surface area contributed by atoms with E-state index in [0.717, 1.165) is 56.2 Å². The molecule has 5 saturated carbocycles. The largest absolute Gasteiger partial charge is 0.492 e. The number of rotatable bonds is 13. The summed E-state index contributed by atoms with van der Waals surface area (Å²) in [7, 11) is 2.75. The molecule has 7 fully saturated rings. The second-order valence-electron chi connectivity index (χ2n) is 25.4. The fourth-order valence-electron chi connectivity index (χ4n) is 16.0. The molecular formula is C62H74F2N6O14. The standard InChI is InChI=1S/C62H74F2N6O14/c1-32-26-67(20-21-68(32)59(78)84-31-83-58(77)42-29-70(36-12-13-36)49-40(54(42)75)23-44(63)51(55(49)80-4)66-19-7-6-8-34(65)27-66)52-45(64)24-39-50(56(52)81-5)69(35-10-11-35)28-41(53(39)74)57(76)82-30-47(73)62(79)18-16-43-38-14-9-33-22-37(71)15-17-60(33,2)48(38)46(72)25-61(43,62)3/h22-24,28-29,32,34-36,38,43,46,48,72,79H,6-21,25-27,30-31,65H2,1-5H3/t32?,34-,38+,43+,46+,48-,60+,61+,62+/m1/s1. The van der Waals surface area contributed by atoms with Crippen LogP contribution in [0.25, 0.3) is 21.8 Å². The maximum Gasteiger partial charge on any atom is 0.413 e. The molecule has 1 unspecified atom stereocenters. The number of ether oxygens (including phenoxy) is 5. The molecule has 6 aliphatic carbocycles. The van der Waals surface area contributed by atoms with Gasteiger partial charge in [-0.3, -0.25) is 19.2 Å². The molecule has 2 aromatic heterocycles. The number of fused-ring (bicyclic) bond motifs is 7. The number of benzene rings is 2. The number of aromatic nitrogens is 2. The zero-order valence-corrected chi connectivity index (χ0v) is 48.2. The van der Waals surface area contributed by atoms with E-state index in [2.05, 4.69) is 6.92 Å². The van der Waals surface area contributed by atoms with Gasteiger partial charge >= 0.3 is 18.0 Å². The number of esters is 2. The van der Waals surface area contributed by atoms with Crippen molar-refractivity contribution in [1.82, 2.24) is 14.0 Å². The van der Waals surface area contributed by atoms with Crippen LogP contribution >= 0.6 is 0 Å². The molecule has 9 atom stereocenters. The SMILES string of the molecule is COc1c(N2CCN(C(=O)OCOC(=O)c3cn(C4CC4)c4c(OC)c(N5CCCC[C@@H](N)C5)c(F)cc4c3=O)C(C)C2)c(F)cc2c(=O)c(C(=O)OCC(=O)[C@@]3(O)CC[C@H]4[C@@H]5CCC6=CC(=O)CC[C@]6(C)[C@H]5[C@@H](O)C[C@@]43C)cn(C3CC3)c12. The maximum atomic E-state index is 16.7. The molecule has 4 aromatic rings. The molecule has 84 heavy (non-hydrogen) atoms. The smallest absolute Gasteiger partial charge is 0.413 e. The number of nitrogens with two attached hydrogens (primary N) is 1. The number of aliphatic hydroxyl groups excluding tert-OH is 1. The molecular weight excluding hydrogens is 1090 g/mol. The van der Waals surface area contributed by atoms with Crippen LogP contribution in [0.15, 0.2) is 45.8 Å². The highest BCUT2D eigenvalue weighted by Gasteiger charge is 2.68. The van der Waals surface area contributed by atoms with Gasteiger partial charge in [-0.05, 0) is 125 Å². The van der Waals surface area contributed by atoms with Crippen LogP contribution in [0.4, 0.5) is 25.0 Å². The van der Waals surface area contributed by atoms with Gasteiger partial charge < -0.3 is 63.5 Å². The van der Waals surface area contributed by atoms with E-state index < -0.39 is 88.4 Å². The van der Waals surface area contributed by atoms with Crippen LogP contribution < -0.4 is 35.9 Å². The molecule has 2 aromatic carbocycles. The monoisotopic (exact) mass is 1160 g/mol. The Morgan fingerprint density at radius 2 is 1.33 bits per heavy atom. The number of piperazine rings is 1. The summed E-state index contributed by atoms with van der Waals surface area (Å²) in [6.07, 6.45) is 11.4. The molecule has 22 heteroatoms. The number of Topliss-reactive ketones (excluding diaryl/α,β-unsaturated/α-hetero) is 1. The zero-order chi connectivity index (χ0) is 59.5. The number of allylic oxidation sites excluding steroid dienone is 1. The molecule has 0 radical (unpaired) electrons. The van der Waals surface area contributed by atoms with Crippen molar-refractivity contribution in [3.8, 4) is 11.5 Å². The van der Waals surface area contributed by atoms with E-state index in [4.69, 9.17) is 29.4 Å². The van der Waals surface area contributed by atoms with Crippen molar-refractivity contribution in [3.05, 3.63) is 79.4 Å². The number of carbonyl (C=O) groups excluding carboxylic acids is 5. The summed E-state index contributed by atoms with van der Waals surface area (Å²) in [6.45, 7) is 5.09. The summed E-state index contributed by atoms with van der Waals surface area (Å²) in [5.41, 5.74) is 2.45. The Kier molecular flexibility index (Phi) is 14.8. The minimum atomic E-state index is -1.93. The lowest BCUT2D eigenvalue weighted by Gasteiger charge is -2.60. The third-order valence-corrected chi connectivity index (χ3v) is 20.5. The molecule has 4 heterocycles. The van der Waals surface area contributed by atoms with Crippen molar-refractivity contribution in [3.63, 3.8) is 0 Å². The van der Waals surface area contributed by atoms with E-state index >= 15 is 8.78 Å². The van der Waals surface area contributed by atoms with E-state index in [0.29, 0.717) is 57.1 Å². The first kappa shape index (κ1) is 57.5. The van der Waals surface area contributed by atoms with E-state index in [1.165, 1.54) is 31.5 Å². The second kappa shape index (κ2) is 21.6. The van der Waals surface area contributed by atoms with E-state index in [-0.39, 0.29) is 124 Å². The fourth-order valence-corrected chi connectivity index (χ4v) is 16.0. The lowest BCUT2D eigenvalue weighted by Crippen LogP contribution is -2.62. The summed E-state index contributed by atoms with van der Waals surface area (Å²) >= 11 is 0. The maximum absolute atomic E-state index is 16.7. The first-order chi connectivity index (χ1) is 40.1. The Balaban J connectivity index is 0.713. The number of hydrogen-bond acceptors (Lipinski definition) is 17. The normalized spacial score (nSPS) is 29.6. The summed E-state index contributed by atoms with van der Waals surface area (Å²) in [6, 6.07) is 1.10. The van der Waals surface area contributed by atoms with Gasteiger partial charge in [-0.2, -0.15) is 0 Å². The molecule has 0 bridgehead atoms.